The molecule has 60 valence electrons. The summed E-state index contributed by atoms with van der Waals surface area (Å²) in [7, 11) is 0. The van der Waals surface area contributed by atoms with Gasteiger partial charge in [0.15, 0.2) is 0 Å². The van der Waals surface area contributed by atoms with Gasteiger partial charge in [0, 0.05) is 18.5 Å². The molecule has 0 saturated heterocycles. The highest BCUT2D eigenvalue weighted by Gasteiger charge is 2.01. The number of anilines is 1. The molecule has 0 saturated carbocycles. The van der Waals surface area contributed by atoms with Crippen molar-refractivity contribution in [1.82, 2.24) is 19.7 Å². The van der Waals surface area contributed by atoms with Crippen molar-refractivity contribution in [2.75, 3.05) is 5.73 Å². The van der Waals surface area contributed by atoms with Gasteiger partial charge in [-0.1, -0.05) is 0 Å². The van der Waals surface area contributed by atoms with Crippen LogP contribution in [0.4, 0.5) is 5.82 Å². The fourth-order valence-corrected chi connectivity index (χ4v) is 0.881. The minimum atomic E-state index is 0.486. The van der Waals surface area contributed by atoms with E-state index in [2.05, 4.69) is 15.1 Å². The predicted octanol–water partition coefficient (Wildman–Crippen LogP) is 0.244. The van der Waals surface area contributed by atoms with Gasteiger partial charge in [0.05, 0.1) is 6.20 Å². The third-order valence-electron chi connectivity index (χ3n) is 1.41. The maximum absolute atomic E-state index is 5.59. The third-order valence-corrected chi connectivity index (χ3v) is 1.41. The quantitative estimate of drug-likeness (QED) is 0.650. The van der Waals surface area contributed by atoms with Gasteiger partial charge >= 0.3 is 0 Å². The van der Waals surface area contributed by atoms with E-state index >= 15 is 0 Å². The van der Waals surface area contributed by atoms with E-state index in [1.807, 2.05) is 0 Å². The Bertz CT molecular complexity index is 366. The Kier molecular flexibility index (Phi) is 1.48. The average Bonchev–Trinajstić information content (AvgIpc) is 2.53. The number of nitrogens with zero attached hydrogens (tertiary/aromatic N) is 4. The first-order valence-corrected chi connectivity index (χ1v) is 3.45. The molecule has 0 unspecified atom stereocenters. The Hall–Kier alpha value is -1.91. The second-order valence-corrected chi connectivity index (χ2v) is 2.22. The van der Waals surface area contributed by atoms with Crippen molar-refractivity contribution in [2.45, 2.75) is 0 Å². The summed E-state index contributed by atoms with van der Waals surface area (Å²) in [6.07, 6.45) is 4.89. The van der Waals surface area contributed by atoms with Crippen LogP contribution in [0.3, 0.4) is 0 Å². The molecule has 12 heavy (non-hydrogen) atoms. The summed E-state index contributed by atoms with van der Waals surface area (Å²) in [5, 5.41) is 3.95. The van der Waals surface area contributed by atoms with Crippen LogP contribution in [0.1, 0.15) is 0 Å². The van der Waals surface area contributed by atoms with Gasteiger partial charge in [-0.2, -0.15) is 9.78 Å². The van der Waals surface area contributed by atoms with E-state index in [0.29, 0.717) is 11.8 Å². The molecule has 2 aromatic heterocycles. The zero-order chi connectivity index (χ0) is 8.39. The second kappa shape index (κ2) is 2.61. The molecule has 2 heterocycles. The summed E-state index contributed by atoms with van der Waals surface area (Å²) < 4.78 is 1.47. The number of nitrogens with two attached hydrogens (primary N) is 1. The molecule has 0 amide bonds. The Morgan fingerprint density at radius 1 is 1.17 bits per heavy atom. The highest BCUT2D eigenvalue weighted by Crippen LogP contribution is 2.04. The first-order valence-electron chi connectivity index (χ1n) is 3.45. The fraction of sp³-hybridized carbons (Fsp3) is 0. The maximum atomic E-state index is 5.59. The van der Waals surface area contributed by atoms with Gasteiger partial charge in [-0.3, -0.25) is 0 Å². The van der Waals surface area contributed by atoms with E-state index in [-0.39, 0.29) is 0 Å². The van der Waals surface area contributed by atoms with Crippen LogP contribution in [0, 0.1) is 0 Å². The summed E-state index contributed by atoms with van der Waals surface area (Å²) in [5.41, 5.74) is 5.59. The Labute approximate surface area is 68.9 Å². The molecule has 2 aromatic rings. The van der Waals surface area contributed by atoms with Gasteiger partial charge in [0.25, 0.3) is 5.95 Å². The minimum absolute atomic E-state index is 0.486. The van der Waals surface area contributed by atoms with Crippen LogP contribution in [0.25, 0.3) is 5.95 Å². The van der Waals surface area contributed by atoms with Crippen molar-refractivity contribution in [3.05, 3.63) is 30.7 Å². The van der Waals surface area contributed by atoms with Crippen LogP contribution in [0.15, 0.2) is 30.7 Å². The van der Waals surface area contributed by atoms with Crippen LogP contribution in [-0.4, -0.2) is 19.7 Å². The molecule has 0 aromatic carbocycles. The molecule has 0 aliphatic rings. The van der Waals surface area contributed by atoms with E-state index < -0.39 is 0 Å². The molecule has 0 spiro atoms. The van der Waals surface area contributed by atoms with E-state index in [9.17, 15) is 0 Å². The first-order chi connectivity index (χ1) is 5.88. The minimum Gasteiger partial charge on any atom is -0.383 e. The summed E-state index contributed by atoms with van der Waals surface area (Å²) >= 11 is 0. The van der Waals surface area contributed by atoms with E-state index in [1.165, 1.54) is 4.68 Å². The van der Waals surface area contributed by atoms with E-state index in [1.54, 1.807) is 30.7 Å². The van der Waals surface area contributed by atoms with Crippen molar-refractivity contribution in [2.24, 2.45) is 0 Å². The normalized spacial score (nSPS) is 10.0. The second-order valence-electron chi connectivity index (χ2n) is 2.22. The standard InChI is InChI=1S/C7H7N5/c8-6-2-5-11-12(6)7-9-3-1-4-10-7/h1-5H,8H2. The van der Waals surface area contributed by atoms with Crippen molar-refractivity contribution in [1.29, 1.82) is 0 Å². The average molecular weight is 161 g/mol. The lowest BCUT2D eigenvalue weighted by atomic mass is 10.6. The van der Waals surface area contributed by atoms with Crippen LogP contribution < -0.4 is 5.73 Å². The molecular formula is C7H7N5. The summed E-state index contributed by atoms with van der Waals surface area (Å²) in [6.45, 7) is 0. The number of aromatic nitrogens is 4. The summed E-state index contributed by atoms with van der Waals surface area (Å²) in [5.74, 6) is 1.02. The number of hydrogen-bond donors (Lipinski definition) is 1. The number of nitrogen functional groups attached to an aromatic ring is 1. The van der Waals surface area contributed by atoms with Crippen LogP contribution >= 0.6 is 0 Å². The topological polar surface area (TPSA) is 69.6 Å². The monoisotopic (exact) mass is 161 g/mol. The Morgan fingerprint density at radius 2 is 1.92 bits per heavy atom. The third kappa shape index (κ3) is 1.01. The predicted molar refractivity (Wildman–Crippen MR) is 43.6 cm³/mol. The smallest absolute Gasteiger partial charge is 0.252 e. The molecule has 5 nitrogen and oxygen atoms in total. The maximum Gasteiger partial charge on any atom is 0.252 e. The lowest BCUT2D eigenvalue weighted by Gasteiger charge is -1.98. The van der Waals surface area contributed by atoms with Gasteiger partial charge < -0.3 is 5.73 Å². The van der Waals surface area contributed by atoms with Crippen molar-refractivity contribution < 1.29 is 0 Å². The van der Waals surface area contributed by atoms with Gasteiger partial charge in [-0.15, -0.1) is 0 Å². The first kappa shape index (κ1) is 6.78. The lowest BCUT2D eigenvalue weighted by Crippen LogP contribution is -2.05. The van der Waals surface area contributed by atoms with E-state index in [0.717, 1.165) is 0 Å². The van der Waals surface area contributed by atoms with E-state index in [4.69, 9.17) is 5.73 Å². The summed E-state index contributed by atoms with van der Waals surface area (Å²) in [4.78, 5) is 7.98. The molecule has 2 N–H and O–H groups in total. The zero-order valence-corrected chi connectivity index (χ0v) is 6.25. The molecule has 0 bridgehead atoms. The van der Waals surface area contributed by atoms with Crippen LogP contribution in [0.2, 0.25) is 0 Å². The molecule has 5 heteroatoms. The van der Waals surface area contributed by atoms with Crippen molar-refractivity contribution >= 4 is 5.82 Å². The molecule has 0 fully saturated rings. The SMILES string of the molecule is Nc1ccnn1-c1ncccn1. The van der Waals surface area contributed by atoms with Crippen LogP contribution in [0.5, 0.6) is 0 Å². The van der Waals surface area contributed by atoms with Gasteiger partial charge in [0.2, 0.25) is 0 Å². The zero-order valence-electron chi connectivity index (χ0n) is 6.25. The highest BCUT2D eigenvalue weighted by molar-refractivity contribution is 5.32. The largest absolute Gasteiger partial charge is 0.383 e. The highest BCUT2D eigenvalue weighted by atomic mass is 15.4. The lowest BCUT2D eigenvalue weighted by molar-refractivity contribution is 0.817. The summed E-state index contributed by atoms with van der Waals surface area (Å²) in [6, 6.07) is 3.43. The molecule has 0 aliphatic heterocycles. The molecule has 0 atom stereocenters. The number of rotatable bonds is 1. The molecule has 2 rings (SSSR count). The number of hydrogen-bond acceptors (Lipinski definition) is 4. The fourth-order valence-electron chi connectivity index (χ4n) is 0.881. The van der Waals surface area contributed by atoms with Gasteiger partial charge in [-0.05, 0) is 6.07 Å². The van der Waals surface area contributed by atoms with Crippen LogP contribution in [-0.2, 0) is 0 Å². The Morgan fingerprint density at radius 3 is 2.50 bits per heavy atom. The Balaban J connectivity index is 2.51. The molecule has 0 aliphatic carbocycles. The molecular weight excluding hydrogens is 154 g/mol. The van der Waals surface area contributed by atoms with Gasteiger partial charge in [0.1, 0.15) is 5.82 Å². The van der Waals surface area contributed by atoms with Gasteiger partial charge in [-0.25, -0.2) is 9.97 Å². The van der Waals surface area contributed by atoms with Crippen molar-refractivity contribution in [3.8, 4) is 5.95 Å². The van der Waals surface area contributed by atoms with Crippen molar-refractivity contribution in [3.63, 3.8) is 0 Å². The molecule has 0 radical (unpaired) electrons.